The van der Waals surface area contributed by atoms with E-state index in [0.717, 1.165) is 18.7 Å². The molecule has 5 unspecified atom stereocenters. The van der Waals surface area contributed by atoms with Gasteiger partial charge in [0, 0.05) is 38.4 Å². The molecule has 1 aromatic carbocycles. The van der Waals surface area contributed by atoms with Gasteiger partial charge in [-0.05, 0) is 44.2 Å². The lowest BCUT2D eigenvalue weighted by atomic mass is 9.85. The first-order valence-electron chi connectivity index (χ1n) is 11.3. The summed E-state index contributed by atoms with van der Waals surface area (Å²) < 4.78 is 0. The predicted octanol–water partition coefficient (Wildman–Crippen LogP) is 1.87. The second kappa shape index (κ2) is 9.12. The van der Waals surface area contributed by atoms with Crippen LogP contribution in [0.15, 0.2) is 47.5 Å². The SMILES string of the molecule is CCNC(=NCC(C)N(C)c1ccccc1)NCCN1C(=O)C2C3C=CC(C3)C2C1=O. The van der Waals surface area contributed by atoms with E-state index in [1.165, 1.54) is 4.90 Å². The van der Waals surface area contributed by atoms with E-state index in [2.05, 4.69) is 53.8 Å². The van der Waals surface area contributed by atoms with Crippen LogP contribution in [0.4, 0.5) is 5.69 Å². The molecule has 7 nitrogen and oxygen atoms in total. The summed E-state index contributed by atoms with van der Waals surface area (Å²) in [5.74, 6) is 0.981. The van der Waals surface area contributed by atoms with Crippen LogP contribution in [0.5, 0.6) is 0 Å². The largest absolute Gasteiger partial charge is 0.370 e. The van der Waals surface area contributed by atoms with E-state index in [1.807, 2.05) is 25.1 Å². The minimum absolute atomic E-state index is 0.00805. The van der Waals surface area contributed by atoms with Crippen molar-refractivity contribution in [2.45, 2.75) is 26.3 Å². The number of carbonyl (C=O) groups excluding carboxylic acids is 2. The van der Waals surface area contributed by atoms with Gasteiger partial charge in [-0.25, -0.2) is 0 Å². The summed E-state index contributed by atoms with van der Waals surface area (Å²) >= 11 is 0. The van der Waals surface area contributed by atoms with Crippen molar-refractivity contribution in [1.82, 2.24) is 15.5 Å². The van der Waals surface area contributed by atoms with Gasteiger partial charge in [-0.3, -0.25) is 19.5 Å². The van der Waals surface area contributed by atoms with Crippen LogP contribution in [-0.4, -0.2) is 61.9 Å². The van der Waals surface area contributed by atoms with Gasteiger partial charge in [0.25, 0.3) is 0 Å². The van der Waals surface area contributed by atoms with Crippen molar-refractivity contribution in [3.05, 3.63) is 42.5 Å². The zero-order valence-electron chi connectivity index (χ0n) is 18.6. The Labute approximate surface area is 184 Å². The number of nitrogens with one attached hydrogen (secondary N) is 2. The Hall–Kier alpha value is -2.83. The van der Waals surface area contributed by atoms with Crippen molar-refractivity contribution in [1.29, 1.82) is 0 Å². The van der Waals surface area contributed by atoms with Crippen LogP contribution in [0.1, 0.15) is 20.3 Å². The molecule has 1 saturated carbocycles. The van der Waals surface area contributed by atoms with E-state index >= 15 is 0 Å². The lowest BCUT2D eigenvalue weighted by Crippen LogP contribution is -2.44. The van der Waals surface area contributed by atoms with Crippen molar-refractivity contribution in [3.8, 4) is 0 Å². The molecule has 5 atom stereocenters. The number of imide groups is 1. The molecule has 1 aromatic rings. The fourth-order valence-electron chi connectivity index (χ4n) is 5.08. The molecule has 0 spiro atoms. The van der Waals surface area contributed by atoms with Crippen molar-refractivity contribution in [2.24, 2.45) is 28.7 Å². The maximum atomic E-state index is 12.8. The average Bonchev–Trinajstić information content (AvgIpc) is 3.47. The number of hydrogen-bond acceptors (Lipinski definition) is 4. The first kappa shape index (κ1) is 21.4. The first-order chi connectivity index (χ1) is 15.0. The Morgan fingerprint density at radius 2 is 1.77 bits per heavy atom. The monoisotopic (exact) mass is 423 g/mol. The highest BCUT2D eigenvalue weighted by Gasteiger charge is 2.58. The molecule has 2 aliphatic carbocycles. The quantitative estimate of drug-likeness (QED) is 0.289. The molecule has 2 N–H and O–H groups in total. The summed E-state index contributed by atoms with van der Waals surface area (Å²) in [5, 5.41) is 6.54. The molecule has 2 bridgehead atoms. The van der Waals surface area contributed by atoms with Crippen molar-refractivity contribution < 1.29 is 9.59 Å². The normalized spacial score (nSPS) is 27.6. The highest BCUT2D eigenvalue weighted by Crippen LogP contribution is 2.52. The lowest BCUT2D eigenvalue weighted by molar-refractivity contribution is -0.140. The van der Waals surface area contributed by atoms with Crippen LogP contribution >= 0.6 is 0 Å². The third kappa shape index (κ3) is 4.18. The van der Waals surface area contributed by atoms with Gasteiger partial charge in [0.1, 0.15) is 0 Å². The topological polar surface area (TPSA) is 77.0 Å². The molecule has 1 aliphatic heterocycles. The molecule has 4 rings (SSSR count). The third-order valence-electron chi connectivity index (χ3n) is 6.87. The summed E-state index contributed by atoms with van der Waals surface area (Å²) in [7, 11) is 2.07. The summed E-state index contributed by atoms with van der Waals surface area (Å²) in [6, 6.07) is 10.5. The summed E-state index contributed by atoms with van der Waals surface area (Å²) in [5.41, 5.74) is 1.16. The van der Waals surface area contributed by atoms with Crippen LogP contribution in [-0.2, 0) is 9.59 Å². The van der Waals surface area contributed by atoms with Gasteiger partial charge in [0.2, 0.25) is 11.8 Å². The number of anilines is 1. The maximum absolute atomic E-state index is 12.8. The predicted molar refractivity (Wildman–Crippen MR) is 123 cm³/mol. The second-order valence-electron chi connectivity index (χ2n) is 8.77. The first-order valence-corrected chi connectivity index (χ1v) is 11.3. The Kier molecular flexibility index (Phi) is 6.30. The maximum Gasteiger partial charge on any atom is 0.233 e. The zero-order chi connectivity index (χ0) is 22.0. The molecule has 0 radical (unpaired) electrons. The number of carbonyl (C=O) groups is 2. The van der Waals surface area contributed by atoms with Gasteiger partial charge >= 0.3 is 0 Å². The molecule has 31 heavy (non-hydrogen) atoms. The summed E-state index contributed by atoms with van der Waals surface area (Å²) in [4.78, 5) is 34.0. The smallest absolute Gasteiger partial charge is 0.233 e. The second-order valence-corrected chi connectivity index (χ2v) is 8.77. The van der Waals surface area contributed by atoms with E-state index in [-0.39, 0.29) is 41.5 Å². The van der Waals surface area contributed by atoms with Gasteiger partial charge in [0.05, 0.1) is 18.4 Å². The van der Waals surface area contributed by atoms with Gasteiger partial charge in [0.15, 0.2) is 5.96 Å². The number of hydrogen-bond donors (Lipinski definition) is 2. The molecule has 166 valence electrons. The van der Waals surface area contributed by atoms with Crippen LogP contribution in [0.2, 0.25) is 0 Å². The number of nitrogens with zero attached hydrogens (tertiary/aromatic N) is 3. The Morgan fingerprint density at radius 1 is 1.13 bits per heavy atom. The molecular formula is C24H33N5O2. The lowest BCUT2D eigenvalue weighted by Gasteiger charge is -2.26. The Morgan fingerprint density at radius 3 is 2.39 bits per heavy atom. The molecule has 2 amide bonds. The van der Waals surface area contributed by atoms with E-state index < -0.39 is 0 Å². The highest BCUT2D eigenvalue weighted by atomic mass is 16.2. The fraction of sp³-hybridized carbons (Fsp3) is 0.542. The number of guanidine groups is 1. The molecular weight excluding hydrogens is 390 g/mol. The number of likely N-dealkylation sites (N-methyl/N-ethyl adjacent to an activating group) is 1. The Balaban J connectivity index is 1.30. The standard InChI is InChI=1S/C24H33N5O2/c1-4-25-24(27-15-16(2)28(3)19-8-6-5-7-9-19)26-12-13-29-22(30)20-17-10-11-18(14-17)21(20)23(29)31/h5-11,16-18,20-21H,4,12-15H2,1-3H3,(H2,25,26,27). The molecule has 3 aliphatic rings. The number of likely N-dealkylation sites (tertiary alicyclic amines) is 1. The van der Waals surface area contributed by atoms with Crippen molar-refractivity contribution in [2.75, 3.05) is 38.1 Å². The number of benzene rings is 1. The number of para-hydroxylation sites is 1. The number of allylic oxidation sites excluding steroid dienone is 2. The number of amides is 2. The van der Waals surface area contributed by atoms with Crippen molar-refractivity contribution >= 4 is 23.5 Å². The minimum Gasteiger partial charge on any atom is -0.370 e. The van der Waals surface area contributed by atoms with Gasteiger partial charge < -0.3 is 15.5 Å². The van der Waals surface area contributed by atoms with Gasteiger partial charge in [-0.15, -0.1) is 0 Å². The fourth-order valence-corrected chi connectivity index (χ4v) is 5.08. The highest BCUT2D eigenvalue weighted by molar-refractivity contribution is 6.06. The molecule has 2 fully saturated rings. The number of fused-ring (bicyclic) bond motifs is 5. The average molecular weight is 424 g/mol. The zero-order valence-corrected chi connectivity index (χ0v) is 18.6. The third-order valence-corrected chi connectivity index (χ3v) is 6.87. The van der Waals surface area contributed by atoms with Crippen LogP contribution < -0.4 is 15.5 Å². The summed E-state index contributed by atoms with van der Waals surface area (Å²) in [6.07, 6.45) is 5.22. The minimum atomic E-state index is -0.126. The Bertz CT molecular complexity index is 838. The molecule has 7 heteroatoms. The molecule has 1 saturated heterocycles. The molecule has 1 heterocycles. The summed E-state index contributed by atoms with van der Waals surface area (Å²) in [6.45, 7) is 6.41. The van der Waals surface area contributed by atoms with E-state index in [9.17, 15) is 9.59 Å². The van der Waals surface area contributed by atoms with Gasteiger partial charge in [-0.2, -0.15) is 0 Å². The number of rotatable bonds is 8. The van der Waals surface area contributed by atoms with E-state index in [1.54, 1.807) is 0 Å². The van der Waals surface area contributed by atoms with E-state index in [0.29, 0.717) is 25.6 Å². The van der Waals surface area contributed by atoms with Crippen LogP contribution in [0.25, 0.3) is 0 Å². The van der Waals surface area contributed by atoms with Crippen molar-refractivity contribution in [3.63, 3.8) is 0 Å². The number of aliphatic imine (C=N–C) groups is 1. The van der Waals surface area contributed by atoms with Crippen LogP contribution in [0.3, 0.4) is 0 Å². The van der Waals surface area contributed by atoms with Gasteiger partial charge in [-0.1, -0.05) is 30.4 Å². The van der Waals surface area contributed by atoms with Crippen LogP contribution in [0, 0.1) is 23.7 Å². The van der Waals surface area contributed by atoms with E-state index in [4.69, 9.17) is 4.99 Å². The molecule has 0 aromatic heterocycles.